The van der Waals surface area contributed by atoms with Gasteiger partial charge in [0.05, 0.1) is 7.11 Å². The summed E-state index contributed by atoms with van der Waals surface area (Å²) in [7, 11) is 1.38. The number of ether oxygens (including phenoxy) is 1. The van der Waals surface area contributed by atoms with E-state index in [1.165, 1.54) is 12.0 Å². The maximum atomic E-state index is 11.1. The smallest absolute Gasteiger partial charge is 0.333 e. The van der Waals surface area contributed by atoms with Crippen molar-refractivity contribution in [3.8, 4) is 0 Å². The molecule has 0 saturated carbocycles. The van der Waals surface area contributed by atoms with E-state index in [2.05, 4.69) is 22.2 Å². The quantitative estimate of drug-likeness (QED) is 0.496. The molecule has 1 aromatic rings. The molecular weight excluding hydrogens is 234 g/mol. The molecule has 0 spiro atoms. The second-order valence-corrected chi connectivity index (χ2v) is 4.37. The van der Waals surface area contributed by atoms with Crippen molar-refractivity contribution in [3.05, 3.63) is 35.9 Å². The maximum Gasteiger partial charge on any atom is 0.333 e. The molecule has 17 heavy (non-hydrogen) atoms. The highest BCUT2D eigenvalue weighted by atomic mass is 32.2. The predicted molar refractivity (Wildman–Crippen MR) is 72.5 cm³/mol. The zero-order valence-corrected chi connectivity index (χ0v) is 11.1. The molecule has 3 nitrogen and oxygen atoms in total. The number of benzene rings is 1. The van der Waals surface area contributed by atoms with Gasteiger partial charge >= 0.3 is 5.97 Å². The van der Waals surface area contributed by atoms with Crippen LogP contribution in [0.25, 0.3) is 0 Å². The summed E-state index contributed by atoms with van der Waals surface area (Å²) in [5.74, 6) is -0.287. The van der Waals surface area contributed by atoms with Crippen molar-refractivity contribution in [3.63, 3.8) is 0 Å². The Labute approximate surface area is 106 Å². The number of carbonyl (C=O) groups is 1. The molecule has 1 aromatic carbocycles. The van der Waals surface area contributed by atoms with Gasteiger partial charge in [-0.2, -0.15) is 0 Å². The number of rotatable bonds is 5. The molecule has 0 aliphatic carbocycles. The first-order valence-corrected chi connectivity index (χ1v) is 6.53. The largest absolute Gasteiger partial charge is 0.466 e. The van der Waals surface area contributed by atoms with E-state index in [9.17, 15) is 4.79 Å². The van der Waals surface area contributed by atoms with E-state index in [0.717, 1.165) is 5.69 Å². The first-order valence-electron chi connectivity index (χ1n) is 5.30. The Bertz CT molecular complexity index is 398. The number of hydrogen-bond acceptors (Lipinski definition) is 4. The Morgan fingerprint density at radius 2 is 2.06 bits per heavy atom. The molecule has 0 radical (unpaired) electrons. The topological polar surface area (TPSA) is 38.3 Å². The SMILES string of the molecule is COC(=O)/C(C)=C/CNc1ccc(SC)cc1. The molecule has 0 heterocycles. The Kier molecular flexibility index (Phi) is 5.63. The van der Waals surface area contributed by atoms with Gasteiger partial charge in [0.25, 0.3) is 0 Å². The summed E-state index contributed by atoms with van der Waals surface area (Å²) < 4.78 is 4.61. The first-order chi connectivity index (χ1) is 8.17. The van der Waals surface area contributed by atoms with Gasteiger partial charge < -0.3 is 10.1 Å². The Hall–Kier alpha value is -1.42. The molecule has 92 valence electrons. The summed E-state index contributed by atoms with van der Waals surface area (Å²) >= 11 is 1.71. The minimum Gasteiger partial charge on any atom is -0.466 e. The van der Waals surface area contributed by atoms with Crippen LogP contribution < -0.4 is 5.32 Å². The summed E-state index contributed by atoms with van der Waals surface area (Å²) in [4.78, 5) is 12.3. The van der Waals surface area contributed by atoms with Crippen molar-refractivity contribution >= 4 is 23.4 Å². The molecular formula is C13H17NO2S. The maximum absolute atomic E-state index is 11.1. The number of carbonyl (C=O) groups excluding carboxylic acids is 1. The third kappa shape index (κ3) is 4.53. The lowest BCUT2D eigenvalue weighted by Crippen LogP contribution is -2.05. The lowest BCUT2D eigenvalue weighted by atomic mass is 10.2. The minimum atomic E-state index is -0.287. The van der Waals surface area contributed by atoms with Crippen molar-refractivity contribution in [2.24, 2.45) is 0 Å². The van der Waals surface area contributed by atoms with E-state index in [0.29, 0.717) is 12.1 Å². The van der Waals surface area contributed by atoms with Crippen molar-refractivity contribution in [1.29, 1.82) is 0 Å². The third-order valence-electron chi connectivity index (χ3n) is 2.31. The monoisotopic (exact) mass is 251 g/mol. The molecule has 0 aliphatic rings. The predicted octanol–water partition coefficient (Wildman–Crippen LogP) is 2.94. The van der Waals surface area contributed by atoms with Gasteiger partial charge in [0.2, 0.25) is 0 Å². The van der Waals surface area contributed by atoms with Gasteiger partial charge in [0.15, 0.2) is 0 Å². The summed E-state index contributed by atoms with van der Waals surface area (Å²) in [6.45, 7) is 2.35. The van der Waals surface area contributed by atoms with Crippen LogP contribution in [-0.2, 0) is 9.53 Å². The number of nitrogens with one attached hydrogen (secondary N) is 1. The van der Waals surface area contributed by atoms with Crippen LogP contribution in [0.4, 0.5) is 5.69 Å². The normalized spacial score (nSPS) is 11.1. The molecule has 0 bridgehead atoms. The van der Waals surface area contributed by atoms with Gasteiger partial charge in [-0.25, -0.2) is 4.79 Å². The van der Waals surface area contributed by atoms with E-state index in [-0.39, 0.29) is 5.97 Å². The lowest BCUT2D eigenvalue weighted by Gasteiger charge is -2.05. The summed E-state index contributed by atoms with van der Waals surface area (Å²) in [6, 6.07) is 8.16. The molecule has 0 amide bonds. The van der Waals surface area contributed by atoms with Crippen LogP contribution in [0.2, 0.25) is 0 Å². The van der Waals surface area contributed by atoms with Crippen LogP contribution in [0.3, 0.4) is 0 Å². The van der Waals surface area contributed by atoms with Crippen LogP contribution in [0.1, 0.15) is 6.92 Å². The highest BCUT2D eigenvalue weighted by molar-refractivity contribution is 7.98. The Morgan fingerprint density at radius 3 is 2.59 bits per heavy atom. The number of methoxy groups -OCH3 is 1. The van der Waals surface area contributed by atoms with E-state index >= 15 is 0 Å². The van der Waals surface area contributed by atoms with Gasteiger partial charge in [-0.3, -0.25) is 0 Å². The van der Waals surface area contributed by atoms with Gasteiger partial charge in [0.1, 0.15) is 0 Å². The first kappa shape index (κ1) is 13.6. The van der Waals surface area contributed by atoms with E-state index in [1.807, 2.05) is 24.5 Å². The second kappa shape index (κ2) is 7.01. The minimum absolute atomic E-state index is 0.287. The van der Waals surface area contributed by atoms with Gasteiger partial charge in [-0.05, 0) is 37.4 Å². The van der Waals surface area contributed by atoms with Crippen LogP contribution in [0.5, 0.6) is 0 Å². The van der Waals surface area contributed by atoms with Crippen LogP contribution in [0, 0.1) is 0 Å². The van der Waals surface area contributed by atoms with Gasteiger partial charge in [-0.1, -0.05) is 6.08 Å². The molecule has 1 N–H and O–H groups in total. The fraction of sp³-hybridized carbons (Fsp3) is 0.308. The lowest BCUT2D eigenvalue weighted by molar-refractivity contribution is -0.136. The van der Waals surface area contributed by atoms with Crippen molar-refractivity contribution in [2.75, 3.05) is 25.2 Å². The average molecular weight is 251 g/mol. The molecule has 1 rings (SSSR count). The Morgan fingerprint density at radius 1 is 1.41 bits per heavy atom. The fourth-order valence-electron chi connectivity index (χ4n) is 1.28. The van der Waals surface area contributed by atoms with E-state index in [4.69, 9.17) is 0 Å². The van der Waals surface area contributed by atoms with Crippen molar-refractivity contribution in [1.82, 2.24) is 0 Å². The van der Waals surface area contributed by atoms with E-state index in [1.54, 1.807) is 18.7 Å². The van der Waals surface area contributed by atoms with E-state index < -0.39 is 0 Å². The fourth-order valence-corrected chi connectivity index (χ4v) is 1.68. The highest BCUT2D eigenvalue weighted by Gasteiger charge is 2.01. The second-order valence-electron chi connectivity index (χ2n) is 3.49. The standard InChI is InChI=1S/C13H17NO2S/c1-10(13(15)16-2)8-9-14-11-4-6-12(17-3)7-5-11/h4-8,14H,9H2,1-3H3/b10-8+. The summed E-state index contributed by atoms with van der Waals surface area (Å²) in [6.07, 6.45) is 3.86. The molecule has 0 fully saturated rings. The van der Waals surface area contributed by atoms with Crippen LogP contribution in [0.15, 0.2) is 40.8 Å². The van der Waals surface area contributed by atoms with Gasteiger partial charge in [-0.15, -0.1) is 11.8 Å². The number of thioether (sulfide) groups is 1. The van der Waals surface area contributed by atoms with Crippen molar-refractivity contribution < 1.29 is 9.53 Å². The van der Waals surface area contributed by atoms with Crippen molar-refractivity contribution in [2.45, 2.75) is 11.8 Å². The molecule has 0 saturated heterocycles. The van der Waals surface area contributed by atoms with Gasteiger partial charge in [0, 0.05) is 22.7 Å². The van der Waals surface area contributed by atoms with Crippen LogP contribution in [-0.4, -0.2) is 25.9 Å². The Balaban J connectivity index is 2.47. The number of hydrogen-bond donors (Lipinski definition) is 1. The zero-order chi connectivity index (χ0) is 12.7. The number of esters is 1. The molecule has 0 unspecified atom stereocenters. The molecule has 0 aromatic heterocycles. The number of anilines is 1. The molecule has 0 atom stereocenters. The third-order valence-corrected chi connectivity index (χ3v) is 3.06. The summed E-state index contributed by atoms with van der Waals surface area (Å²) in [5.41, 5.74) is 1.65. The molecule has 4 heteroatoms. The highest BCUT2D eigenvalue weighted by Crippen LogP contribution is 2.17. The van der Waals surface area contributed by atoms with Crippen LogP contribution >= 0.6 is 11.8 Å². The summed E-state index contributed by atoms with van der Waals surface area (Å²) in [5, 5.41) is 3.21. The average Bonchev–Trinajstić information content (AvgIpc) is 2.38. The zero-order valence-electron chi connectivity index (χ0n) is 10.3. The molecule has 0 aliphatic heterocycles.